The summed E-state index contributed by atoms with van der Waals surface area (Å²) in [6.45, 7) is 7.93. The lowest BCUT2D eigenvalue weighted by Gasteiger charge is -2.21. The van der Waals surface area contributed by atoms with Crippen LogP contribution in [-0.4, -0.2) is 12.0 Å². The minimum absolute atomic E-state index is 0.139. The maximum Gasteiger partial charge on any atom is 0.113 e. The van der Waals surface area contributed by atoms with Gasteiger partial charge in [-0.2, -0.15) is 5.26 Å². The Bertz CT molecular complexity index is 385. The van der Waals surface area contributed by atoms with Crippen molar-refractivity contribution in [3.63, 3.8) is 0 Å². The van der Waals surface area contributed by atoms with Gasteiger partial charge in [-0.05, 0) is 34.7 Å². The molecule has 1 aromatic heterocycles. The second kappa shape index (κ2) is 3.92. The highest BCUT2D eigenvalue weighted by atomic mass is 32.1. The zero-order valence-corrected chi connectivity index (χ0v) is 10.7. The summed E-state index contributed by atoms with van der Waals surface area (Å²) in [6.07, 6.45) is 0. The van der Waals surface area contributed by atoms with Gasteiger partial charge in [-0.15, -0.1) is 11.3 Å². The second-order valence-corrected chi connectivity index (χ2v) is 5.51. The number of nitriles is 1. The van der Waals surface area contributed by atoms with Gasteiger partial charge in [0.1, 0.15) is 10.4 Å². The van der Waals surface area contributed by atoms with Crippen LogP contribution in [0.2, 0.25) is 0 Å². The third-order valence-corrected chi connectivity index (χ3v) is 3.75. The van der Waals surface area contributed by atoms with Crippen LogP contribution in [0, 0.1) is 11.3 Å². The molecule has 0 saturated heterocycles. The van der Waals surface area contributed by atoms with Crippen LogP contribution in [0.1, 0.15) is 38.4 Å². The smallest absolute Gasteiger partial charge is 0.113 e. The van der Waals surface area contributed by atoms with Crippen molar-refractivity contribution in [3.8, 4) is 6.07 Å². The van der Waals surface area contributed by atoms with E-state index >= 15 is 0 Å². The maximum atomic E-state index is 9.02. The van der Waals surface area contributed by atoms with Gasteiger partial charge in [0.2, 0.25) is 0 Å². The van der Waals surface area contributed by atoms with E-state index in [1.165, 1.54) is 0 Å². The minimum Gasteiger partial charge on any atom is -0.310 e. The maximum absolute atomic E-state index is 9.02. The van der Waals surface area contributed by atoms with Crippen LogP contribution in [0.25, 0.3) is 0 Å². The first-order valence-electron chi connectivity index (χ1n) is 4.90. The first-order valence-corrected chi connectivity index (χ1v) is 5.78. The molecular weight excluding hydrogens is 206 g/mol. The summed E-state index contributed by atoms with van der Waals surface area (Å²) in [6, 6.07) is 2.27. The van der Waals surface area contributed by atoms with Crippen LogP contribution in [0.3, 0.4) is 0 Å². The highest BCUT2D eigenvalue weighted by molar-refractivity contribution is 7.09. The Labute approximate surface area is 95.2 Å². The van der Waals surface area contributed by atoms with Gasteiger partial charge in [-0.3, -0.25) is 0 Å². The van der Waals surface area contributed by atoms with E-state index in [0.29, 0.717) is 0 Å². The van der Waals surface area contributed by atoms with E-state index in [0.717, 1.165) is 10.7 Å². The molecule has 1 aromatic rings. The Morgan fingerprint density at radius 3 is 2.47 bits per heavy atom. The molecule has 0 aliphatic rings. The van der Waals surface area contributed by atoms with Gasteiger partial charge in [0.05, 0.1) is 17.3 Å². The monoisotopic (exact) mass is 223 g/mol. The van der Waals surface area contributed by atoms with Gasteiger partial charge in [0.25, 0.3) is 0 Å². The predicted molar refractivity (Wildman–Crippen MR) is 62.8 cm³/mol. The molecule has 82 valence electrons. The number of hydrogen-bond donors (Lipinski definition) is 1. The molecule has 0 atom stereocenters. The number of rotatable bonds is 3. The number of nitrogens with one attached hydrogen (secondary N) is 1. The van der Waals surface area contributed by atoms with Crippen LogP contribution in [-0.2, 0) is 11.0 Å². The molecule has 1 heterocycles. The van der Waals surface area contributed by atoms with Gasteiger partial charge in [-0.25, -0.2) is 4.98 Å². The molecule has 0 radical (unpaired) electrons. The average molecular weight is 223 g/mol. The Kier molecular flexibility index (Phi) is 3.17. The highest BCUT2D eigenvalue weighted by Crippen LogP contribution is 2.29. The molecule has 0 amide bonds. The Morgan fingerprint density at radius 2 is 2.00 bits per heavy atom. The molecule has 0 aliphatic carbocycles. The summed E-state index contributed by atoms with van der Waals surface area (Å²) in [5, 5.41) is 15.1. The van der Waals surface area contributed by atoms with Crippen molar-refractivity contribution in [2.24, 2.45) is 0 Å². The van der Waals surface area contributed by atoms with Crippen LogP contribution in [0.4, 0.5) is 0 Å². The highest BCUT2D eigenvalue weighted by Gasteiger charge is 2.27. The third-order valence-electron chi connectivity index (χ3n) is 2.58. The summed E-state index contributed by atoms with van der Waals surface area (Å²) in [4.78, 5) is 4.53. The lowest BCUT2D eigenvalue weighted by molar-refractivity contribution is 0.431. The van der Waals surface area contributed by atoms with Gasteiger partial charge in [0, 0.05) is 5.38 Å². The molecule has 0 spiro atoms. The first kappa shape index (κ1) is 12.2. The van der Waals surface area contributed by atoms with Crippen molar-refractivity contribution < 1.29 is 0 Å². The summed E-state index contributed by atoms with van der Waals surface area (Å²) < 4.78 is 0. The quantitative estimate of drug-likeness (QED) is 0.856. The lowest BCUT2D eigenvalue weighted by atomic mass is 9.96. The number of nitrogens with zero attached hydrogens (tertiary/aromatic N) is 2. The molecule has 0 fully saturated rings. The molecular formula is C11H17N3S. The largest absolute Gasteiger partial charge is 0.310 e. The number of aromatic nitrogens is 1. The van der Waals surface area contributed by atoms with Crippen LogP contribution in [0.15, 0.2) is 5.38 Å². The van der Waals surface area contributed by atoms with E-state index < -0.39 is 5.41 Å². The topological polar surface area (TPSA) is 48.7 Å². The SMILES string of the molecule is CNC(C)(C)c1csc(C(C)(C)C#N)n1. The fraction of sp³-hybridized carbons (Fsp3) is 0.636. The van der Waals surface area contributed by atoms with Gasteiger partial charge in [0.15, 0.2) is 0 Å². The molecule has 0 aliphatic heterocycles. The fourth-order valence-electron chi connectivity index (χ4n) is 1.02. The molecule has 4 heteroatoms. The summed E-state index contributed by atoms with van der Waals surface area (Å²) in [5.41, 5.74) is 0.362. The van der Waals surface area contributed by atoms with Crippen LogP contribution in [0.5, 0.6) is 0 Å². The lowest BCUT2D eigenvalue weighted by Crippen LogP contribution is -2.33. The molecule has 1 N–H and O–H groups in total. The Morgan fingerprint density at radius 1 is 1.40 bits per heavy atom. The van der Waals surface area contributed by atoms with Crippen molar-refractivity contribution in [2.45, 2.75) is 38.6 Å². The van der Waals surface area contributed by atoms with Crippen LogP contribution < -0.4 is 5.32 Å². The minimum atomic E-state index is -0.493. The Hall–Kier alpha value is -0.920. The molecule has 0 aromatic carbocycles. The molecule has 15 heavy (non-hydrogen) atoms. The van der Waals surface area contributed by atoms with Crippen molar-refractivity contribution in [1.82, 2.24) is 10.3 Å². The van der Waals surface area contributed by atoms with E-state index in [1.807, 2.05) is 26.3 Å². The predicted octanol–water partition coefficient (Wildman–Crippen LogP) is 2.40. The fourth-order valence-corrected chi connectivity index (χ4v) is 2.09. The van der Waals surface area contributed by atoms with Crippen molar-refractivity contribution >= 4 is 11.3 Å². The second-order valence-electron chi connectivity index (χ2n) is 4.65. The number of thiazole rings is 1. The molecule has 1 rings (SSSR count). The van der Waals surface area contributed by atoms with Crippen molar-refractivity contribution in [1.29, 1.82) is 5.26 Å². The molecule has 0 bridgehead atoms. The molecule has 0 unspecified atom stereocenters. The van der Waals surface area contributed by atoms with E-state index in [4.69, 9.17) is 5.26 Å². The van der Waals surface area contributed by atoms with Crippen molar-refractivity contribution in [2.75, 3.05) is 7.05 Å². The zero-order valence-electron chi connectivity index (χ0n) is 9.88. The van der Waals surface area contributed by atoms with Gasteiger partial charge < -0.3 is 5.32 Å². The molecule has 3 nitrogen and oxygen atoms in total. The molecule has 0 saturated carbocycles. The third kappa shape index (κ3) is 2.36. The standard InChI is InChI=1S/C11H17N3S/c1-10(2,7-12)9-14-8(6-15-9)11(3,4)13-5/h6,13H,1-5H3. The summed E-state index contributed by atoms with van der Waals surface area (Å²) in [7, 11) is 1.91. The zero-order chi connectivity index (χ0) is 11.7. The van der Waals surface area contributed by atoms with Crippen molar-refractivity contribution in [3.05, 3.63) is 16.1 Å². The van der Waals surface area contributed by atoms with E-state index in [2.05, 4.69) is 30.2 Å². The van der Waals surface area contributed by atoms with Gasteiger partial charge >= 0.3 is 0 Å². The van der Waals surface area contributed by atoms with E-state index in [9.17, 15) is 0 Å². The summed E-state index contributed by atoms with van der Waals surface area (Å²) >= 11 is 1.55. The normalized spacial score (nSPS) is 12.5. The number of hydrogen-bond acceptors (Lipinski definition) is 4. The van der Waals surface area contributed by atoms with E-state index in [1.54, 1.807) is 11.3 Å². The first-order chi connectivity index (χ1) is 6.83. The Balaban J connectivity index is 3.07. The van der Waals surface area contributed by atoms with Crippen LogP contribution >= 0.6 is 11.3 Å². The summed E-state index contributed by atoms with van der Waals surface area (Å²) in [5.74, 6) is 0. The van der Waals surface area contributed by atoms with E-state index in [-0.39, 0.29) is 5.54 Å². The van der Waals surface area contributed by atoms with Gasteiger partial charge in [-0.1, -0.05) is 0 Å². The average Bonchev–Trinajstić information content (AvgIpc) is 2.67.